The van der Waals surface area contributed by atoms with Crippen LogP contribution in [0.4, 0.5) is 5.69 Å². The first kappa shape index (κ1) is 23.4. The number of hydrogen-bond acceptors (Lipinski definition) is 7. The summed E-state index contributed by atoms with van der Waals surface area (Å²) in [5, 5.41) is 2.70. The van der Waals surface area contributed by atoms with E-state index >= 15 is 0 Å². The van der Waals surface area contributed by atoms with Crippen LogP contribution in [-0.4, -0.2) is 39.2 Å². The summed E-state index contributed by atoms with van der Waals surface area (Å²) >= 11 is 0. The zero-order chi connectivity index (χ0) is 23.6. The Balaban J connectivity index is 1.87. The van der Waals surface area contributed by atoms with Gasteiger partial charge in [0.15, 0.2) is 5.58 Å². The highest BCUT2D eigenvalue weighted by Gasteiger charge is 2.29. The Kier molecular flexibility index (Phi) is 6.60. The van der Waals surface area contributed by atoms with Crippen molar-refractivity contribution < 1.29 is 27.1 Å². The third kappa shape index (κ3) is 4.63. The normalized spacial score (nSPS) is 12.7. The van der Waals surface area contributed by atoms with Gasteiger partial charge >= 0.3 is 5.76 Å². The fraction of sp³-hybridized carbons (Fsp3) is 0.333. The Bertz CT molecular complexity index is 1310. The van der Waals surface area contributed by atoms with E-state index in [9.17, 15) is 18.0 Å². The molecule has 2 aromatic carbocycles. The predicted octanol–water partition coefficient (Wildman–Crippen LogP) is 2.09. The number of amides is 1. The molecule has 32 heavy (non-hydrogen) atoms. The topological polar surface area (TPSA) is 129 Å². The molecule has 0 aliphatic heterocycles. The Labute approximate surface area is 185 Å². The number of benzene rings is 2. The summed E-state index contributed by atoms with van der Waals surface area (Å²) in [5.74, 6) is -0.612. The molecule has 1 atom stereocenters. The third-order valence-electron chi connectivity index (χ3n) is 4.97. The second-order valence-corrected chi connectivity index (χ2v) is 9.17. The minimum atomic E-state index is -4.10. The van der Waals surface area contributed by atoms with Gasteiger partial charge in [0.05, 0.1) is 30.3 Å². The van der Waals surface area contributed by atoms with E-state index in [2.05, 4.69) is 10.0 Å². The third-order valence-corrected chi connectivity index (χ3v) is 6.41. The van der Waals surface area contributed by atoms with Crippen LogP contribution in [0, 0.1) is 5.92 Å². The zero-order valence-corrected chi connectivity index (χ0v) is 19.1. The summed E-state index contributed by atoms with van der Waals surface area (Å²) in [6, 6.07) is 7.85. The number of fused-ring (bicyclic) bond motifs is 1. The molecule has 0 fully saturated rings. The average Bonchev–Trinajstić information content (AvgIpc) is 3.05. The molecule has 10 nitrogen and oxygen atoms in total. The maximum Gasteiger partial charge on any atom is 0.419 e. The molecule has 1 aromatic heterocycles. The lowest BCUT2D eigenvalue weighted by Gasteiger charge is -2.22. The standard InChI is InChI=1S/C21H25N3O7S/c1-12(2)19(20(25)22-15-8-6-13(29-4)10-17(15)30-5)23-32(27,28)14-7-9-16-18(11-14)31-21(26)24(16)3/h6-12,19,23H,1-5H3,(H,22,25)/t19-/m1/s1. The van der Waals surface area contributed by atoms with Crippen LogP contribution in [0.3, 0.4) is 0 Å². The molecule has 1 amide bonds. The number of ether oxygens (including phenoxy) is 2. The fourth-order valence-electron chi connectivity index (χ4n) is 3.12. The van der Waals surface area contributed by atoms with Gasteiger partial charge in [-0.3, -0.25) is 9.36 Å². The fourth-order valence-corrected chi connectivity index (χ4v) is 4.48. The smallest absolute Gasteiger partial charge is 0.419 e. The number of hydrogen-bond donors (Lipinski definition) is 2. The van der Waals surface area contributed by atoms with Crippen LogP contribution in [0.1, 0.15) is 13.8 Å². The van der Waals surface area contributed by atoms with Gasteiger partial charge < -0.3 is 19.2 Å². The average molecular weight is 464 g/mol. The van der Waals surface area contributed by atoms with Crippen LogP contribution in [-0.2, 0) is 21.9 Å². The van der Waals surface area contributed by atoms with E-state index in [1.54, 1.807) is 32.0 Å². The monoisotopic (exact) mass is 463 g/mol. The van der Waals surface area contributed by atoms with Crippen molar-refractivity contribution in [1.29, 1.82) is 0 Å². The van der Waals surface area contributed by atoms with Crippen LogP contribution < -0.4 is 25.3 Å². The second-order valence-electron chi connectivity index (χ2n) is 7.45. The second kappa shape index (κ2) is 9.05. The number of methoxy groups -OCH3 is 2. The Morgan fingerprint density at radius 2 is 1.81 bits per heavy atom. The summed E-state index contributed by atoms with van der Waals surface area (Å²) in [6.45, 7) is 3.44. The summed E-state index contributed by atoms with van der Waals surface area (Å²) in [7, 11) is 0.382. The molecule has 3 rings (SSSR count). The molecule has 1 heterocycles. The van der Waals surface area contributed by atoms with Crippen molar-refractivity contribution in [3.63, 3.8) is 0 Å². The highest BCUT2D eigenvalue weighted by atomic mass is 32.2. The first-order valence-corrected chi connectivity index (χ1v) is 11.2. The van der Waals surface area contributed by atoms with E-state index in [1.807, 2.05) is 0 Å². The van der Waals surface area contributed by atoms with E-state index in [-0.39, 0.29) is 16.4 Å². The lowest BCUT2D eigenvalue weighted by atomic mass is 10.0. The van der Waals surface area contributed by atoms with E-state index in [0.29, 0.717) is 22.7 Å². The number of nitrogens with one attached hydrogen (secondary N) is 2. The van der Waals surface area contributed by atoms with Crippen molar-refractivity contribution in [1.82, 2.24) is 9.29 Å². The molecule has 0 aliphatic carbocycles. The van der Waals surface area contributed by atoms with Crippen LogP contribution in [0.15, 0.2) is 50.5 Å². The molecule has 2 N–H and O–H groups in total. The molecule has 3 aromatic rings. The van der Waals surface area contributed by atoms with Gasteiger partial charge in [-0.05, 0) is 30.2 Å². The van der Waals surface area contributed by atoms with Crippen molar-refractivity contribution in [3.05, 3.63) is 46.9 Å². The lowest BCUT2D eigenvalue weighted by molar-refractivity contribution is -0.118. The van der Waals surface area contributed by atoms with E-state index in [1.165, 1.54) is 44.0 Å². The number of rotatable bonds is 8. The quantitative estimate of drug-likeness (QED) is 0.523. The first-order chi connectivity index (χ1) is 15.1. The molecule has 0 saturated heterocycles. The summed E-state index contributed by atoms with van der Waals surface area (Å²) in [4.78, 5) is 24.5. The minimum Gasteiger partial charge on any atom is -0.497 e. The molecule has 0 saturated carbocycles. The summed E-state index contributed by atoms with van der Waals surface area (Å²) in [5.41, 5.74) is 0.961. The highest BCUT2D eigenvalue weighted by Crippen LogP contribution is 2.29. The lowest BCUT2D eigenvalue weighted by Crippen LogP contribution is -2.47. The van der Waals surface area contributed by atoms with Gasteiger partial charge in [-0.25, -0.2) is 13.2 Å². The molecule has 0 spiro atoms. The Morgan fingerprint density at radius 1 is 1.09 bits per heavy atom. The molecular weight excluding hydrogens is 438 g/mol. The largest absolute Gasteiger partial charge is 0.497 e. The van der Waals surface area contributed by atoms with E-state index in [0.717, 1.165) is 0 Å². The van der Waals surface area contributed by atoms with Gasteiger partial charge in [0.1, 0.15) is 17.5 Å². The van der Waals surface area contributed by atoms with Crippen molar-refractivity contribution in [2.45, 2.75) is 24.8 Å². The van der Waals surface area contributed by atoms with Crippen LogP contribution >= 0.6 is 0 Å². The van der Waals surface area contributed by atoms with E-state index in [4.69, 9.17) is 13.9 Å². The van der Waals surface area contributed by atoms with Gasteiger partial charge in [-0.1, -0.05) is 13.8 Å². The number of nitrogens with zero attached hydrogens (tertiary/aromatic N) is 1. The van der Waals surface area contributed by atoms with Crippen molar-refractivity contribution >= 4 is 32.7 Å². The molecule has 11 heteroatoms. The van der Waals surface area contributed by atoms with Crippen LogP contribution in [0.25, 0.3) is 11.1 Å². The molecule has 0 unspecified atom stereocenters. The summed E-state index contributed by atoms with van der Waals surface area (Å²) < 4.78 is 45.2. The number of aryl methyl sites for hydroxylation is 1. The predicted molar refractivity (Wildman–Crippen MR) is 119 cm³/mol. The van der Waals surface area contributed by atoms with Crippen molar-refractivity contribution in [2.24, 2.45) is 13.0 Å². The number of aromatic nitrogens is 1. The number of oxazole rings is 1. The SMILES string of the molecule is COc1ccc(NC(=O)[C@H](NS(=O)(=O)c2ccc3c(c2)oc(=O)n3C)C(C)C)c(OC)c1. The van der Waals surface area contributed by atoms with Gasteiger partial charge in [0, 0.05) is 19.2 Å². The Hall–Kier alpha value is -3.31. The number of carbonyl (C=O) groups is 1. The summed E-state index contributed by atoms with van der Waals surface area (Å²) in [6.07, 6.45) is 0. The number of sulfonamides is 1. The van der Waals surface area contributed by atoms with Gasteiger partial charge in [0.2, 0.25) is 15.9 Å². The highest BCUT2D eigenvalue weighted by molar-refractivity contribution is 7.89. The molecular formula is C21H25N3O7S. The van der Waals surface area contributed by atoms with E-state index < -0.39 is 27.7 Å². The molecule has 0 bridgehead atoms. The van der Waals surface area contributed by atoms with Crippen molar-refractivity contribution in [3.8, 4) is 11.5 Å². The minimum absolute atomic E-state index is 0.125. The number of anilines is 1. The number of carbonyl (C=O) groups excluding carboxylic acids is 1. The van der Waals surface area contributed by atoms with Gasteiger partial charge in [0.25, 0.3) is 0 Å². The van der Waals surface area contributed by atoms with Crippen LogP contribution in [0.2, 0.25) is 0 Å². The maximum absolute atomic E-state index is 13.0. The van der Waals surface area contributed by atoms with Gasteiger partial charge in [-0.15, -0.1) is 0 Å². The first-order valence-electron chi connectivity index (χ1n) is 9.72. The van der Waals surface area contributed by atoms with Gasteiger partial charge in [-0.2, -0.15) is 4.72 Å². The molecule has 0 radical (unpaired) electrons. The zero-order valence-electron chi connectivity index (χ0n) is 18.3. The Morgan fingerprint density at radius 3 is 2.44 bits per heavy atom. The maximum atomic E-state index is 13.0. The molecule has 0 aliphatic rings. The molecule has 172 valence electrons. The van der Waals surface area contributed by atoms with Crippen LogP contribution in [0.5, 0.6) is 11.5 Å². The van der Waals surface area contributed by atoms with Crippen molar-refractivity contribution in [2.75, 3.05) is 19.5 Å².